The molecule has 0 atom stereocenters. The van der Waals surface area contributed by atoms with Gasteiger partial charge < -0.3 is 0 Å². The van der Waals surface area contributed by atoms with E-state index in [0.717, 1.165) is 17.7 Å². The van der Waals surface area contributed by atoms with E-state index >= 15 is 0 Å². The zero-order chi connectivity index (χ0) is 13.1. The van der Waals surface area contributed by atoms with Crippen LogP contribution in [0, 0.1) is 0 Å². The van der Waals surface area contributed by atoms with Crippen LogP contribution in [-0.2, 0) is 17.8 Å². The number of hydrazine groups is 1. The average molecular weight is 266 g/mol. The maximum atomic E-state index is 12.1. The molecule has 2 aromatic heterocycles. The Bertz CT molecular complexity index is 631. The van der Waals surface area contributed by atoms with Gasteiger partial charge in [0.15, 0.2) is 0 Å². The van der Waals surface area contributed by atoms with Gasteiger partial charge in [0.2, 0.25) is 0 Å². The maximum Gasteiger partial charge on any atom is 0.262 e. The van der Waals surface area contributed by atoms with Gasteiger partial charge in [-0.1, -0.05) is 13.3 Å². The number of aryl methyl sites for hydroxylation is 1. The van der Waals surface area contributed by atoms with Crippen molar-refractivity contribution in [3.8, 4) is 0 Å². The van der Waals surface area contributed by atoms with Crippen molar-refractivity contribution in [3.05, 3.63) is 27.6 Å². The summed E-state index contributed by atoms with van der Waals surface area (Å²) in [6.45, 7) is 1.97. The number of thiophene rings is 1. The molecule has 7 heteroatoms. The fourth-order valence-electron chi connectivity index (χ4n) is 1.69. The number of hydrogen-bond donors (Lipinski definition) is 2. The highest BCUT2D eigenvalue weighted by molar-refractivity contribution is 7.18. The third-order valence-corrected chi connectivity index (χ3v) is 3.64. The van der Waals surface area contributed by atoms with E-state index in [1.807, 2.05) is 11.5 Å². The van der Waals surface area contributed by atoms with Crippen LogP contribution < -0.4 is 16.8 Å². The fraction of sp³-hybridized carbons (Fsp3) is 0.364. The van der Waals surface area contributed by atoms with Crippen LogP contribution in [0.5, 0.6) is 0 Å². The van der Waals surface area contributed by atoms with Crippen LogP contribution >= 0.6 is 11.3 Å². The highest BCUT2D eigenvalue weighted by atomic mass is 32.1. The van der Waals surface area contributed by atoms with Crippen LogP contribution in [0.2, 0.25) is 0 Å². The number of amides is 1. The summed E-state index contributed by atoms with van der Waals surface area (Å²) in [5, 5.41) is 0.566. The summed E-state index contributed by atoms with van der Waals surface area (Å²) in [5.41, 5.74) is 1.78. The zero-order valence-corrected chi connectivity index (χ0v) is 10.8. The van der Waals surface area contributed by atoms with E-state index in [1.165, 1.54) is 22.2 Å². The molecule has 0 fully saturated rings. The molecule has 0 aliphatic rings. The van der Waals surface area contributed by atoms with E-state index in [9.17, 15) is 9.59 Å². The van der Waals surface area contributed by atoms with Crippen molar-refractivity contribution >= 4 is 27.5 Å². The van der Waals surface area contributed by atoms with Crippen LogP contribution in [0.4, 0.5) is 0 Å². The molecule has 0 spiro atoms. The molecule has 2 rings (SSSR count). The monoisotopic (exact) mass is 266 g/mol. The fourth-order valence-corrected chi connectivity index (χ4v) is 2.78. The molecule has 2 heterocycles. The van der Waals surface area contributed by atoms with Gasteiger partial charge in [-0.15, -0.1) is 11.3 Å². The SMILES string of the molecule is CCCc1cc2c(=O)n(CC(=O)NN)cnc2s1. The topological polar surface area (TPSA) is 90.0 Å². The quantitative estimate of drug-likeness (QED) is 0.476. The van der Waals surface area contributed by atoms with Crippen LogP contribution in [0.15, 0.2) is 17.2 Å². The van der Waals surface area contributed by atoms with E-state index in [0.29, 0.717) is 10.2 Å². The summed E-state index contributed by atoms with van der Waals surface area (Å²) in [6, 6.07) is 1.86. The number of fused-ring (bicyclic) bond motifs is 1. The van der Waals surface area contributed by atoms with Crippen molar-refractivity contribution in [2.75, 3.05) is 0 Å². The second-order valence-electron chi connectivity index (χ2n) is 3.93. The molecular formula is C11H14N4O2S. The Morgan fingerprint density at radius 3 is 3.06 bits per heavy atom. The molecule has 0 bridgehead atoms. The lowest BCUT2D eigenvalue weighted by atomic mass is 10.2. The normalized spacial score (nSPS) is 10.8. The minimum absolute atomic E-state index is 0.114. The molecule has 0 saturated heterocycles. The Balaban J connectivity index is 2.43. The molecule has 2 aromatic rings. The Morgan fingerprint density at radius 2 is 2.39 bits per heavy atom. The molecule has 6 nitrogen and oxygen atoms in total. The van der Waals surface area contributed by atoms with Gasteiger partial charge in [0, 0.05) is 4.88 Å². The summed E-state index contributed by atoms with van der Waals surface area (Å²) in [5.74, 6) is 4.56. The van der Waals surface area contributed by atoms with Gasteiger partial charge in [0.1, 0.15) is 11.4 Å². The molecule has 0 aliphatic heterocycles. The van der Waals surface area contributed by atoms with Crippen molar-refractivity contribution in [3.63, 3.8) is 0 Å². The van der Waals surface area contributed by atoms with Crippen molar-refractivity contribution in [1.82, 2.24) is 15.0 Å². The second-order valence-corrected chi connectivity index (χ2v) is 5.04. The number of nitrogens with zero attached hydrogens (tertiary/aromatic N) is 2. The number of rotatable bonds is 4. The summed E-state index contributed by atoms with van der Waals surface area (Å²) in [7, 11) is 0. The number of hydrogen-bond acceptors (Lipinski definition) is 5. The standard InChI is InChI=1S/C11H14N4O2S/c1-2-3-7-4-8-10(18-7)13-6-15(11(8)17)5-9(16)14-12/h4,6H,2-3,5,12H2,1H3,(H,14,16). The van der Waals surface area contributed by atoms with Crippen LogP contribution in [-0.4, -0.2) is 15.5 Å². The van der Waals surface area contributed by atoms with Gasteiger partial charge in [0.05, 0.1) is 11.7 Å². The zero-order valence-electron chi connectivity index (χ0n) is 9.97. The maximum absolute atomic E-state index is 12.1. The summed E-state index contributed by atoms with van der Waals surface area (Å²) in [6.07, 6.45) is 3.34. The lowest BCUT2D eigenvalue weighted by Gasteiger charge is -2.02. The predicted molar refractivity (Wildman–Crippen MR) is 70.2 cm³/mol. The second kappa shape index (κ2) is 5.28. The van der Waals surface area contributed by atoms with E-state index in [-0.39, 0.29) is 12.1 Å². The first-order valence-electron chi connectivity index (χ1n) is 5.63. The predicted octanol–water partition coefficient (Wildman–Crippen LogP) is 0.400. The number of nitrogens with one attached hydrogen (secondary N) is 1. The third kappa shape index (κ3) is 2.41. The van der Waals surface area contributed by atoms with Crippen molar-refractivity contribution in [2.24, 2.45) is 5.84 Å². The Hall–Kier alpha value is -1.73. The first kappa shape index (κ1) is 12.7. The molecule has 0 unspecified atom stereocenters. The lowest BCUT2D eigenvalue weighted by molar-refractivity contribution is -0.121. The minimum atomic E-state index is -0.428. The number of carbonyl (C=O) groups excluding carboxylic acids is 1. The number of carbonyl (C=O) groups is 1. The Kier molecular flexibility index (Phi) is 3.73. The molecule has 0 aromatic carbocycles. The first-order chi connectivity index (χ1) is 8.65. The third-order valence-electron chi connectivity index (χ3n) is 2.54. The summed E-state index contributed by atoms with van der Waals surface area (Å²) < 4.78 is 1.26. The van der Waals surface area contributed by atoms with Crippen LogP contribution in [0.3, 0.4) is 0 Å². The summed E-state index contributed by atoms with van der Waals surface area (Å²) >= 11 is 1.52. The minimum Gasteiger partial charge on any atom is -0.293 e. The first-order valence-corrected chi connectivity index (χ1v) is 6.44. The lowest BCUT2D eigenvalue weighted by Crippen LogP contribution is -2.36. The molecule has 0 aliphatic carbocycles. The van der Waals surface area contributed by atoms with E-state index in [4.69, 9.17) is 5.84 Å². The highest BCUT2D eigenvalue weighted by Crippen LogP contribution is 2.21. The summed E-state index contributed by atoms with van der Waals surface area (Å²) in [4.78, 5) is 29.3. The molecule has 0 radical (unpaired) electrons. The average Bonchev–Trinajstić information content (AvgIpc) is 2.77. The molecular weight excluding hydrogens is 252 g/mol. The van der Waals surface area contributed by atoms with Crippen molar-refractivity contribution in [1.29, 1.82) is 0 Å². The van der Waals surface area contributed by atoms with Crippen LogP contribution in [0.25, 0.3) is 10.2 Å². The van der Waals surface area contributed by atoms with E-state index in [1.54, 1.807) is 0 Å². The number of aromatic nitrogens is 2. The van der Waals surface area contributed by atoms with E-state index in [2.05, 4.69) is 11.9 Å². The van der Waals surface area contributed by atoms with Gasteiger partial charge in [-0.05, 0) is 12.5 Å². The van der Waals surface area contributed by atoms with Gasteiger partial charge >= 0.3 is 0 Å². The molecule has 0 saturated carbocycles. The molecule has 96 valence electrons. The molecule has 18 heavy (non-hydrogen) atoms. The van der Waals surface area contributed by atoms with Gasteiger partial charge in [-0.2, -0.15) is 0 Å². The van der Waals surface area contributed by atoms with Gasteiger partial charge in [-0.3, -0.25) is 19.6 Å². The van der Waals surface area contributed by atoms with E-state index < -0.39 is 5.91 Å². The number of nitrogens with two attached hydrogens (primary N) is 1. The Morgan fingerprint density at radius 1 is 1.61 bits per heavy atom. The molecule has 3 N–H and O–H groups in total. The molecule has 1 amide bonds. The van der Waals surface area contributed by atoms with Gasteiger partial charge in [-0.25, -0.2) is 10.8 Å². The van der Waals surface area contributed by atoms with Crippen LogP contribution in [0.1, 0.15) is 18.2 Å². The van der Waals surface area contributed by atoms with Crippen molar-refractivity contribution < 1.29 is 4.79 Å². The highest BCUT2D eigenvalue weighted by Gasteiger charge is 2.10. The largest absolute Gasteiger partial charge is 0.293 e. The van der Waals surface area contributed by atoms with Crippen molar-refractivity contribution in [2.45, 2.75) is 26.3 Å². The smallest absolute Gasteiger partial charge is 0.262 e. The van der Waals surface area contributed by atoms with Gasteiger partial charge in [0.25, 0.3) is 11.5 Å². The Labute approximate surface area is 107 Å².